The Labute approximate surface area is 169 Å². The van der Waals surface area contributed by atoms with Gasteiger partial charge in [-0.2, -0.15) is 0 Å². The zero-order valence-electron chi connectivity index (χ0n) is 15.8. The molecule has 27 heavy (non-hydrogen) atoms. The molecule has 0 aliphatic carbocycles. The van der Waals surface area contributed by atoms with Crippen LogP contribution in [-0.2, 0) is 6.42 Å². The zero-order valence-corrected chi connectivity index (χ0v) is 16.6. The third kappa shape index (κ3) is 7.09. The highest BCUT2D eigenvalue weighted by Crippen LogP contribution is 2.24. The molecule has 0 heterocycles. The predicted molar refractivity (Wildman–Crippen MR) is 116 cm³/mol. The second-order valence-corrected chi connectivity index (χ2v) is 6.66. The Morgan fingerprint density at radius 1 is 0.778 bits per heavy atom. The lowest BCUT2D eigenvalue weighted by Gasteiger charge is -2.21. The Morgan fingerprint density at radius 3 is 1.96 bits per heavy atom. The summed E-state index contributed by atoms with van der Waals surface area (Å²) in [6, 6.07) is 31.6. The maximum absolute atomic E-state index is 6.26. The molecule has 0 bridgehead atoms. The van der Waals surface area contributed by atoms with E-state index in [1.54, 1.807) is 0 Å². The van der Waals surface area contributed by atoms with Crippen molar-refractivity contribution in [1.29, 1.82) is 0 Å². The molecule has 0 fully saturated rings. The van der Waals surface area contributed by atoms with E-state index in [4.69, 9.17) is 4.74 Å². The van der Waals surface area contributed by atoms with Crippen LogP contribution in [0.3, 0.4) is 0 Å². The molecule has 2 nitrogen and oxygen atoms in total. The van der Waals surface area contributed by atoms with E-state index in [2.05, 4.69) is 66.8 Å². The molecule has 3 rings (SSSR count). The second kappa shape index (κ2) is 11.4. The molecule has 2 unspecified atom stereocenters. The van der Waals surface area contributed by atoms with Crippen LogP contribution in [0.2, 0.25) is 0 Å². The molecular weight excluding hydrogens is 354 g/mol. The van der Waals surface area contributed by atoms with Gasteiger partial charge in [-0.05, 0) is 43.1 Å². The van der Waals surface area contributed by atoms with Crippen molar-refractivity contribution >= 4 is 12.4 Å². The number of rotatable bonds is 9. The van der Waals surface area contributed by atoms with Crippen molar-refractivity contribution in [3.05, 3.63) is 102 Å². The first kappa shape index (κ1) is 21.0. The summed E-state index contributed by atoms with van der Waals surface area (Å²) in [5.74, 6) is 0.915. The summed E-state index contributed by atoms with van der Waals surface area (Å²) in [6.07, 6.45) is 2.02. The third-order valence-electron chi connectivity index (χ3n) is 4.48. The van der Waals surface area contributed by atoms with Crippen LogP contribution in [-0.4, -0.2) is 12.6 Å². The van der Waals surface area contributed by atoms with E-state index in [-0.39, 0.29) is 18.5 Å². The first-order valence-electron chi connectivity index (χ1n) is 9.35. The van der Waals surface area contributed by atoms with E-state index < -0.39 is 0 Å². The fraction of sp³-hybridized carbons (Fsp3) is 0.250. The number of hydrogen-bond donors (Lipinski definition) is 1. The first-order valence-corrected chi connectivity index (χ1v) is 9.35. The number of hydrogen-bond acceptors (Lipinski definition) is 2. The smallest absolute Gasteiger partial charge is 0.125 e. The Balaban J connectivity index is 0.00000261. The fourth-order valence-electron chi connectivity index (χ4n) is 3.13. The summed E-state index contributed by atoms with van der Waals surface area (Å²) in [6.45, 7) is 3.16. The molecule has 0 saturated heterocycles. The normalized spacial score (nSPS) is 12.6. The summed E-state index contributed by atoms with van der Waals surface area (Å²) in [5.41, 5.74) is 2.58. The van der Waals surface area contributed by atoms with Gasteiger partial charge >= 0.3 is 0 Å². The van der Waals surface area contributed by atoms with Crippen molar-refractivity contribution in [2.45, 2.75) is 31.9 Å². The van der Waals surface area contributed by atoms with Crippen LogP contribution in [0.4, 0.5) is 0 Å². The molecule has 0 saturated carbocycles. The Kier molecular flexibility index (Phi) is 8.90. The van der Waals surface area contributed by atoms with Gasteiger partial charge in [-0.3, -0.25) is 0 Å². The van der Waals surface area contributed by atoms with Gasteiger partial charge in [0.2, 0.25) is 0 Å². The average Bonchev–Trinajstić information content (AvgIpc) is 2.69. The van der Waals surface area contributed by atoms with Gasteiger partial charge in [0, 0.05) is 12.5 Å². The fourth-order valence-corrected chi connectivity index (χ4v) is 3.13. The van der Waals surface area contributed by atoms with Gasteiger partial charge in [0.15, 0.2) is 0 Å². The molecule has 0 radical (unpaired) electrons. The first-order chi connectivity index (χ1) is 12.8. The van der Waals surface area contributed by atoms with Crippen molar-refractivity contribution in [3.8, 4) is 5.75 Å². The number of benzene rings is 3. The minimum atomic E-state index is 0. The number of ether oxygens (including phenoxy) is 1. The molecule has 0 aliphatic heterocycles. The minimum Gasteiger partial charge on any atom is -0.486 e. The van der Waals surface area contributed by atoms with Gasteiger partial charge in [-0.1, -0.05) is 78.9 Å². The second-order valence-electron chi connectivity index (χ2n) is 6.66. The molecule has 1 N–H and O–H groups in total. The van der Waals surface area contributed by atoms with E-state index >= 15 is 0 Å². The van der Waals surface area contributed by atoms with Crippen LogP contribution in [0.5, 0.6) is 5.75 Å². The topological polar surface area (TPSA) is 21.3 Å². The van der Waals surface area contributed by atoms with Crippen molar-refractivity contribution in [2.75, 3.05) is 6.54 Å². The number of halogens is 1. The molecule has 3 heteroatoms. The highest BCUT2D eigenvalue weighted by molar-refractivity contribution is 5.85. The highest BCUT2D eigenvalue weighted by atomic mass is 35.5. The van der Waals surface area contributed by atoms with E-state index in [0.29, 0.717) is 6.04 Å². The van der Waals surface area contributed by atoms with Crippen molar-refractivity contribution in [1.82, 2.24) is 5.32 Å². The Bertz CT molecular complexity index is 749. The Morgan fingerprint density at radius 2 is 1.33 bits per heavy atom. The maximum Gasteiger partial charge on any atom is 0.125 e. The summed E-state index contributed by atoms with van der Waals surface area (Å²) in [5, 5.41) is 3.64. The van der Waals surface area contributed by atoms with Gasteiger partial charge < -0.3 is 10.1 Å². The molecule has 0 spiro atoms. The summed E-state index contributed by atoms with van der Waals surface area (Å²) < 4.78 is 6.26. The van der Waals surface area contributed by atoms with Crippen LogP contribution < -0.4 is 10.1 Å². The lowest BCUT2D eigenvalue weighted by atomic mass is 10.0. The molecule has 3 aromatic rings. The van der Waals surface area contributed by atoms with E-state index in [0.717, 1.165) is 25.1 Å². The van der Waals surface area contributed by atoms with Crippen molar-refractivity contribution < 1.29 is 4.74 Å². The van der Waals surface area contributed by atoms with Gasteiger partial charge in [-0.25, -0.2) is 0 Å². The van der Waals surface area contributed by atoms with Crippen LogP contribution in [0.25, 0.3) is 0 Å². The standard InChI is InChI=1S/C24H27NO.ClH/c1-20(19-21-11-5-2-6-12-21)25-18-17-24(22-13-7-3-8-14-22)26-23-15-9-4-10-16-23;/h2-16,20,24-25H,17-19H2,1H3;1H. The van der Waals surface area contributed by atoms with Gasteiger partial charge in [0.25, 0.3) is 0 Å². The molecule has 0 aliphatic rings. The lowest BCUT2D eigenvalue weighted by Crippen LogP contribution is -2.30. The van der Waals surface area contributed by atoms with Crippen molar-refractivity contribution in [3.63, 3.8) is 0 Å². The van der Waals surface area contributed by atoms with Gasteiger partial charge in [-0.15, -0.1) is 12.4 Å². The van der Waals surface area contributed by atoms with Crippen LogP contribution in [0.1, 0.15) is 30.6 Å². The van der Waals surface area contributed by atoms with Crippen molar-refractivity contribution in [2.24, 2.45) is 0 Å². The molecule has 0 aromatic heterocycles. The lowest BCUT2D eigenvalue weighted by molar-refractivity contribution is 0.192. The zero-order chi connectivity index (χ0) is 18.0. The number of nitrogens with one attached hydrogen (secondary N) is 1. The predicted octanol–water partition coefficient (Wildman–Crippen LogP) is 5.84. The largest absolute Gasteiger partial charge is 0.486 e. The number of para-hydroxylation sites is 1. The van der Waals surface area contributed by atoms with E-state index in [1.807, 2.05) is 36.4 Å². The van der Waals surface area contributed by atoms with Crippen LogP contribution >= 0.6 is 12.4 Å². The SMILES string of the molecule is CC(Cc1ccccc1)NCCC(Oc1ccccc1)c1ccccc1.Cl. The Hall–Kier alpha value is -2.29. The quantitative estimate of drug-likeness (QED) is 0.502. The maximum atomic E-state index is 6.26. The summed E-state index contributed by atoms with van der Waals surface area (Å²) >= 11 is 0. The van der Waals surface area contributed by atoms with Crippen LogP contribution in [0.15, 0.2) is 91.0 Å². The molecule has 142 valence electrons. The van der Waals surface area contributed by atoms with Gasteiger partial charge in [0.1, 0.15) is 11.9 Å². The van der Waals surface area contributed by atoms with E-state index in [9.17, 15) is 0 Å². The van der Waals surface area contributed by atoms with Crippen LogP contribution in [0, 0.1) is 0 Å². The van der Waals surface area contributed by atoms with E-state index in [1.165, 1.54) is 11.1 Å². The minimum absolute atomic E-state index is 0. The highest BCUT2D eigenvalue weighted by Gasteiger charge is 2.14. The van der Waals surface area contributed by atoms with Gasteiger partial charge in [0.05, 0.1) is 0 Å². The third-order valence-corrected chi connectivity index (χ3v) is 4.48. The summed E-state index contributed by atoms with van der Waals surface area (Å²) in [7, 11) is 0. The molecule has 0 amide bonds. The molecular formula is C24H28ClNO. The molecule has 2 atom stereocenters. The summed E-state index contributed by atoms with van der Waals surface area (Å²) in [4.78, 5) is 0. The monoisotopic (exact) mass is 381 g/mol. The molecule has 3 aromatic carbocycles. The average molecular weight is 382 g/mol.